The van der Waals surface area contributed by atoms with Gasteiger partial charge in [-0.1, -0.05) is 0 Å². The molecule has 1 aromatic rings. The van der Waals surface area contributed by atoms with Crippen molar-refractivity contribution in [1.29, 1.82) is 0 Å². The lowest BCUT2D eigenvalue weighted by molar-refractivity contribution is -0.0706. The molecule has 0 amide bonds. The van der Waals surface area contributed by atoms with Gasteiger partial charge in [0, 0.05) is 25.8 Å². The normalized spacial score (nSPS) is 19.3. The lowest BCUT2D eigenvalue weighted by Gasteiger charge is -2.41. The molecule has 1 aliphatic carbocycles. The minimum Gasteiger partial charge on any atom is -0.377 e. The highest BCUT2D eigenvalue weighted by molar-refractivity contribution is 5.21. The molecule has 0 spiro atoms. The highest BCUT2D eigenvalue weighted by Crippen LogP contribution is 2.34. The lowest BCUT2D eigenvalue weighted by atomic mass is 9.80. The second kappa shape index (κ2) is 5.33. The third kappa shape index (κ3) is 2.87. The highest BCUT2D eigenvalue weighted by atomic mass is 19.1. The van der Waals surface area contributed by atoms with E-state index in [1.807, 2.05) is 6.92 Å². The molecule has 1 saturated carbocycles. The summed E-state index contributed by atoms with van der Waals surface area (Å²) in [6.45, 7) is 2.61. The van der Waals surface area contributed by atoms with E-state index < -0.39 is 11.6 Å². The van der Waals surface area contributed by atoms with E-state index in [1.165, 1.54) is 18.6 Å². The van der Waals surface area contributed by atoms with Gasteiger partial charge in [0.15, 0.2) is 0 Å². The molecule has 1 aromatic carbocycles. The highest BCUT2D eigenvalue weighted by Gasteiger charge is 2.36. The SMILES string of the molecule is COC1(CNC(C)c2cc(F)cc(F)c2)CCC1. The van der Waals surface area contributed by atoms with Crippen LogP contribution < -0.4 is 5.32 Å². The molecular formula is C14H19F2NO. The van der Waals surface area contributed by atoms with Crippen LogP contribution in [-0.4, -0.2) is 19.3 Å². The zero-order chi connectivity index (χ0) is 13.2. The van der Waals surface area contributed by atoms with Crippen molar-refractivity contribution in [2.24, 2.45) is 0 Å². The van der Waals surface area contributed by atoms with E-state index >= 15 is 0 Å². The van der Waals surface area contributed by atoms with E-state index in [2.05, 4.69) is 5.32 Å². The Hall–Kier alpha value is -1.00. The van der Waals surface area contributed by atoms with Gasteiger partial charge in [-0.3, -0.25) is 0 Å². The van der Waals surface area contributed by atoms with E-state index in [0.717, 1.165) is 18.9 Å². The van der Waals surface area contributed by atoms with Crippen LogP contribution in [0.25, 0.3) is 0 Å². The maximum Gasteiger partial charge on any atom is 0.126 e. The van der Waals surface area contributed by atoms with Gasteiger partial charge in [-0.25, -0.2) is 8.78 Å². The third-order valence-corrected chi connectivity index (χ3v) is 3.81. The van der Waals surface area contributed by atoms with Crippen molar-refractivity contribution in [2.75, 3.05) is 13.7 Å². The first-order valence-electron chi connectivity index (χ1n) is 6.29. The van der Waals surface area contributed by atoms with E-state index in [1.54, 1.807) is 7.11 Å². The number of halogens is 2. The number of rotatable bonds is 5. The predicted molar refractivity (Wildman–Crippen MR) is 66.4 cm³/mol. The fourth-order valence-electron chi connectivity index (χ4n) is 2.31. The van der Waals surface area contributed by atoms with E-state index in [0.29, 0.717) is 12.1 Å². The van der Waals surface area contributed by atoms with Crippen molar-refractivity contribution >= 4 is 0 Å². The molecule has 1 fully saturated rings. The standard InChI is InChI=1S/C14H19F2NO/c1-10(11-6-12(15)8-13(16)7-11)17-9-14(18-2)4-3-5-14/h6-8,10,17H,3-5,9H2,1-2H3. The molecule has 0 aliphatic heterocycles. The summed E-state index contributed by atoms with van der Waals surface area (Å²) in [5, 5.41) is 3.29. The molecule has 0 saturated heterocycles. The van der Waals surface area contributed by atoms with Crippen LogP contribution in [0.15, 0.2) is 18.2 Å². The summed E-state index contributed by atoms with van der Waals surface area (Å²) in [4.78, 5) is 0. The zero-order valence-corrected chi connectivity index (χ0v) is 10.8. The largest absolute Gasteiger partial charge is 0.377 e. The monoisotopic (exact) mass is 255 g/mol. The number of hydrogen-bond acceptors (Lipinski definition) is 2. The van der Waals surface area contributed by atoms with Gasteiger partial charge in [-0.05, 0) is 43.9 Å². The average Bonchev–Trinajstić information content (AvgIpc) is 2.26. The molecule has 4 heteroatoms. The van der Waals surface area contributed by atoms with Crippen LogP contribution in [0.1, 0.15) is 37.8 Å². The molecule has 1 atom stereocenters. The van der Waals surface area contributed by atoms with E-state index in [9.17, 15) is 8.78 Å². The Balaban J connectivity index is 1.96. The Kier molecular flexibility index (Phi) is 3.97. The zero-order valence-electron chi connectivity index (χ0n) is 10.8. The fourth-order valence-corrected chi connectivity index (χ4v) is 2.31. The lowest BCUT2D eigenvalue weighted by Crippen LogP contribution is -2.48. The van der Waals surface area contributed by atoms with Crippen molar-refractivity contribution in [3.8, 4) is 0 Å². The van der Waals surface area contributed by atoms with Crippen molar-refractivity contribution in [3.63, 3.8) is 0 Å². The molecule has 2 nitrogen and oxygen atoms in total. The maximum absolute atomic E-state index is 13.1. The Morgan fingerprint density at radius 3 is 2.33 bits per heavy atom. The second-order valence-electron chi connectivity index (χ2n) is 5.05. The molecule has 1 N–H and O–H groups in total. The van der Waals surface area contributed by atoms with Crippen molar-refractivity contribution in [1.82, 2.24) is 5.32 Å². The number of benzene rings is 1. The van der Waals surface area contributed by atoms with Gasteiger partial charge < -0.3 is 10.1 Å². The maximum atomic E-state index is 13.1. The van der Waals surface area contributed by atoms with Crippen molar-refractivity contribution in [2.45, 2.75) is 37.8 Å². The molecule has 100 valence electrons. The van der Waals surface area contributed by atoms with Gasteiger partial charge in [-0.15, -0.1) is 0 Å². The first-order chi connectivity index (χ1) is 8.54. The second-order valence-corrected chi connectivity index (χ2v) is 5.05. The molecule has 2 rings (SSSR count). The Morgan fingerprint density at radius 1 is 1.28 bits per heavy atom. The number of methoxy groups -OCH3 is 1. The Bertz CT molecular complexity index is 392. The number of ether oxygens (including phenoxy) is 1. The van der Waals surface area contributed by atoms with Crippen LogP contribution in [0, 0.1) is 11.6 Å². The molecular weight excluding hydrogens is 236 g/mol. The Morgan fingerprint density at radius 2 is 1.89 bits per heavy atom. The third-order valence-electron chi connectivity index (χ3n) is 3.81. The van der Waals surface area contributed by atoms with Crippen LogP contribution >= 0.6 is 0 Å². The molecule has 18 heavy (non-hydrogen) atoms. The first kappa shape index (κ1) is 13.4. The van der Waals surface area contributed by atoms with Gasteiger partial charge in [0.05, 0.1) is 5.60 Å². The van der Waals surface area contributed by atoms with Crippen molar-refractivity contribution < 1.29 is 13.5 Å². The van der Waals surface area contributed by atoms with Gasteiger partial charge in [-0.2, -0.15) is 0 Å². The number of hydrogen-bond donors (Lipinski definition) is 1. The Labute approximate surface area is 106 Å². The van der Waals surface area contributed by atoms with E-state index in [4.69, 9.17) is 4.74 Å². The van der Waals surface area contributed by atoms with Crippen LogP contribution in [0.2, 0.25) is 0 Å². The summed E-state index contributed by atoms with van der Waals surface area (Å²) in [5.41, 5.74) is 0.540. The van der Waals surface area contributed by atoms with Crippen LogP contribution in [0.3, 0.4) is 0 Å². The minimum absolute atomic E-state index is 0.0832. The smallest absolute Gasteiger partial charge is 0.126 e. The summed E-state index contributed by atoms with van der Waals surface area (Å²) >= 11 is 0. The van der Waals surface area contributed by atoms with Gasteiger partial charge in [0.25, 0.3) is 0 Å². The summed E-state index contributed by atoms with van der Waals surface area (Å²) in [6, 6.07) is 3.52. The van der Waals surface area contributed by atoms with Crippen molar-refractivity contribution in [3.05, 3.63) is 35.4 Å². The molecule has 0 radical (unpaired) electrons. The minimum atomic E-state index is -0.538. The van der Waals surface area contributed by atoms with Gasteiger partial charge in [0.1, 0.15) is 11.6 Å². The topological polar surface area (TPSA) is 21.3 Å². The molecule has 1 aliphatic rings. The summed E-state index contributed by atoms with van der Waals surface area (Å²) in [6.07, 6.45) is 3.26. The van der Waals surface area contributed by atoms with E-state index in [-0.39, 0.29) is 11.6 Å². The summed E-state index contributed by atoms with van der Waals surface area (Å²) in [7, 11) is 1.72. The van der Waals surface area contributed by atoms with Gasteiger partial charge >= 0.3 is 0 Å². The van der Waals surface area contributed by atoms with Crippen LogP contribution in [-0.2, 0) is 4.74 Å². The molecule has 0 bridgehead atoms. The number of nitrogens with one attached hydrogen (secondary N) is 1. The van der Waals surface area contributed by atoms with Crippen LogP contribution in [0.4, 0.5) is 8.78 Å². The average molecular weight is 255 g/mol. The summed E-state index contributed by atoms with van der Waals surface area (Å²) in [5.74, 6) is -1.08. The summed E-state index contributed by atoms with van der Waals surface area (Å²) < 4.78 is 31.7. The molecule has 0 heterocycles. The predicted octanol–water partition coefficient (Wildman–Crippen LogP) is 3.18. The molecule has 0 aromatic heterocycles. The van der Waals surface area contributed by atoms with Crippen LogP contribution in [0.5, 0.6) is 0 Å². The first-order valence-corrected chi connectivity index (χ1v) is 6.29. The molecule has 1 unspecified atom stereocenters. The fraction of sp³-hybridized carbons (Fsp3) is 0.571. The van der Waals surface area contributed by atoms with Gasteiger partial charge in [0.2, 0.25) is 0 Å². The quantitative estimate of drug-likeness (QED) is 0.872.